The maximum atomic E-state index is 12.5. The highest BCUT2D eigenvalue weighted by molar-refractivity contribution is 9.10. The number of rotatable bonds is 5. The van der Waals surface area contributed by atoms with E-state index in [4.69, 9.17) is 0 Å². The van der Waals surface area contributed by atoms with Crippen LogP contribution < -0.4 is 5.32 Å². The fourth-order valence-electron chi connectivity index (χ4n) is 2.23. The molecule has 4 aromatic heterocycles. The normalized spacial score (nSPS) is 10.9. The van der Waals surface area contributed by atoms with Crippen molar-refractivity contribution >= 4 is 61.7 Å². The molecule has 0 aliphatic rings. The molecule has 0 bridgehead atoms. The first-order chi connectivity index (χ1) is 12.2. The number of halogens is 1. The Kier molecular flexibility index (Phi) is 4.80. The molecule has 0 saturated heterocycles. The van der Waals surface area contributed by atoms with Crippen LogP contribution in [0.1, 0.15) is 15.4 Å². The summed E-state index contributed by atoms with van der Waals surface area (Å²) in [6.45, 7) is 0.607. The molecule has 4 aromatic rings. The SMILES string of the molecule is O=C(Nc1ccnn1Cc1cc(Br)cs1)c1csc(-c2ccsc2)n1. The van der Waals surface area contributed by atoms with E-state index in [1.165, 1.54) is 11.3 Å². The topological polar surface area (TPSA) is 59.8 Å². The Labute approximate surface area is 164 Å². The molecule has 0 spiro atoms. The molecule has 25 heavy (non-hydrogen) atoms. The zero-order valence-electron chi connectivity index (χ0n) is 12.7. The second-order valence-electron chi connectivity index (χ2n) is 5.11. The van der Waals surface area contributed by atoms with Gasteiger partial charge in [-0.05, 0) is 33.4 Å². The maximum Gasteiger partial charge on any atom is 0.276 e. The van der Waals surface area contributed by atoms with Gasteiger partial charge in [-0.3, -0.25) is 4.79 Å². The van der Waals surface area contributed by atoms with Gasteiger partial charge in [-0.25, -0.2) is 9.67 Å². The van der Waals surface area contributed by atoms with E-state index in [1.807, 2.05) is 28.3 Å². The average molecular weight is 451 g/mol. The third kappa shape index (κ3) is 3.74. The molecule has 4 heterocycles. The molecule has 0 radical (unpaired) electrons. The van der Waals surface area contributed by atoms with Crippen molar-refractivity contribution < 1.29 is 4.79 Å². The molecule has 0 atom stereocenters. The summed E-state index contributed by atoms with van der Waals surface area (Å²) >= 11 is 8.17. The molecule has 5 nitrogen and oxygen atoms in total. The van der Waals surface area contributed by atoms with Gasteiger partial charge in [0.1, 0.15) is 16.5 Å². The van der Waals surface area contributed by atoms with Crippen LogP contribution >= 0.6 is 49.9 Å². The molecule has 1 amide bonds. The number of aromatic nitrogens is 3. The van der Waals surface area contributed by atoms with Crippen LogP contribution in [0.3, 0.4) is 0 Å². The van der Waals surface area contributed by atoms with Gasteiger partial charge < -0.3 is 5.32 Å². The fourth-order valence-corrected chi connectivity index (χ4v) is 5.17. The summed E-state index contributed by atoms with van der Waals surface area (Å²) in [7, 11) is 0. The number of nitrogens with zero attached hydrogens (tertiary/aromatic N) is 3. The molecule has 0 aliphatic heterocycles. The molecule has 4 rings (SSSR count). The number of carbonyl (C=O) groups is 1. The smallest absolute Gasteiger partial charge is 0.276 e. The molecule has 0 unspecified atom stereocenters. The van der Waals surface area contributed by atoms with Gasteiger partial charge >= 0.3 is 0 Å². The number of thiophene rings is 2. The molecule has 0 aliphatic carbocycles. The van der Waals surface area contributed by atoms with E-state index in [9.17, 15) is 4.79 Å². The Morgan fingerprint density at radius 3 is 2.92 bits per heavy atom. The van der Waals surface area contributed by atoms with Crippen molar-refractivity contribution in [2.75, 3.05) is 5.32 Å². The lowest BCUT2D eigenvalue weighted by Crippen LogP contribution is -2.16. The van der Waals surface area contributed by atoms with Gasteiger partial charge in [-0.2, -0.15) is 16.4 Å². The van der Waals surface area contributed by atoms with Gasteiger partial charge in [0, 0.05) is 37.1 Å². The number of nitrogens with one attached hydrogen (secondary N) is 1. The van der Waals surface area contributed by atoms with Crippen LogP contribution in [-0.4, -0.2) is 20.7 Å². The van der Waals surface area contributed by atoms with E-state index >= 15 is 0 Å². The third-order valence-electron chi connectivity index (χ3n) is 3.39. The number of hydrogen-bond donors (Lipinski definition) is 1. The second-order valence-corrected chi connectivity index (χ2v) is 8.66. The standard InChI is InChI=1S/C16H11BrN4OS3/c17-11-5-12(24-8-11)6-21-14(1-3-18-21)20-15(22)13-9-25-16(19-13)10-2-4-23-7-10/h1-5,7-9H,6H2,(H,20,22). The summed E-state index contributed by atoms with van der Waals surface area (Å²) in [6, 6.07) is 5.83. The number of anilines is 1. The van der Waals surface area contributed by atoms with Crippen LogP contribution in [-0.2, 0) is 6.54 Å². The van der Waals surface area contributed by atoms with E-state index in [-0.39, 0.29) is 5.91 Å². The highest BCUT2D eigenvalue weighted by Crippen LogP contribution is 2.26. The van der Waals surface area contributed by atoms with Gasteiger partial charge in [-0.15, -0.1) is 22.7 Å². The van der Waals surface area contributed by atoms with Gasteiger partial charge in [0.05, 0.1) is 12.7 Å². The molecule has 126 valence electrons. The van der Waals surface area contributed by atoms with Gasteiger partial charge in [0.2, 0.25) is 0 Å². The minimum absolute atomic E-state index is 0.230. The Morgan fingerprint density at radius 1 is 1.24 bits per heavy atom. The Morgan fingerprint density at radius 2 is 2.16 bits per heavy atom. The van der Waals surface area contributed by atoms with Crippen molar-refractivity contribution in [1.82, 2.24) is 14.8 Å². The molecular formula is C16H11BrN4OS3. The molecule has 0 aromatic carbocycles. The molecular weight excluding hydrogens is 440 g/mol. The van der Waals surface area contributed by atoms with E-state index in [1.54, 1.807) is 45.0 Å². The summed E-state index contributed by atoms with van der Waals surface area (Å²) in [5, 5.41) is 15.9. The number of carbonyl (C=O) groups excluding carboxylic acids is 1. The minimum Gasteiger partial charge on any atom is -0.305 e. The van der Waals surface area contributed by atoms with E-state index in [2.05, 4.69) is 31.3 Å². The van der Waals surface area contributed by atoms with Crippen molar-refractivity contribution in [1.29, 1.82) is 0 Å². The number of hydrogen-bond acceptors (Lipinski definition) is 6. The number of thiazole rings is 1. The van der Waals surface area contributed by atoms with Crippen LogP contribution in [0.15, 0.2) is 50.4 Å². The van der Waals surface area contributed by atoms with Gasteiger partial charge in [-0.1, -0.05) is 0 Å². The van der Waals surface area contributed by atoms with E-state index in [0.717, 1.165) is 19.9 Å². The van der Waals surface area contributed by atoms with Crippen LogP contribution in [0.5, 0.6) is 0 Å². The van der Waals surface area contributed by atoms with Crippen molar-refractivity contribution in [2.24, 2.45) is 0 Å². The first-order valence-electron chi connectivity index (χ1n) is 7.23. The predicted molar refractivity (Wildman–Crippen MR) is 107 cm³/mol. The lowest BCUT2D eigenvalue weighted by molar-refractivity contribution is 0.102. The lowest BCUT2D eigenvalue weighted by atomic mass is 10.3. The first kappa shape index (κ1) is 16.6. The van der Waals surface area contributed by atoms with Crippen LogP contribution in [0.25, 0.3) is 10.6 Å². The Bertz CT molecular complexity index is 1000. The fraction of sp³-hybridized carbons (Fsp3) is 0.0625. The summed E-state index contributed by atoms with van der Waals surface area (Å²) in [5.74, 6) is 0.423. The van der Waals surface area contributed by atoms with Crippen molar-refractivity contribution in [2.45, 2.75) is 6.54 Å². The molecule has 0 fully saturated rings. The first-order valence-corrected chi connectivity index (χ1v) is 10.7. The quantitative estimate of drug-likeness (QED) is 0.454. The van der Waals surface area contributed by atoms with Crippen LogP contribution in [0.4, 0.5) is 5.82 Å². The molecule has 1 N–H and O–H groups in total. The van der Waals surface area contributed by atoms with Crippen molar-refractivity contribution in [3.05, 3.63) is 61.0 Å². The summed E-state index contributed by atoms with van der Waals surface area (Å²) in [6.07, 6.45) is 1.68. The second kappa shape index (κ2) is 7.20. The third-order valence-corrected chi connectivity index (χ3v) is 6.65. The van der Waals surface area contributed by atoms with Crippen LogP contribution in [0.2, 0.25) is 0 Å². The van der Waals surface area contributed by atoms with Crippen molar-refractivity contribution in [3.63, 3.8) is 0 Å². The highest BCUT2D eigenvalue weighted by atomic mass is 79.9. The largest absolute Gasteiger partial charge is 0.305 e. The monoisotopic (exact) mass is 450 g/mol. The lowest BCUT2D eigenvalue weighted by Gasteiger charge is -2.07. The van der Waals surface area contributed by atoms with Crippen LogP contribution in [0, 0.1) is 0 Å². The zero-order valence-corrected chi connectivity index (χ0v) is 16.7. The molecule has 9 heteroatoms. The Balaban J connectivity index is 1.49. The Hall–Kier alpha value is -1.81. The maximum absolute atomic E-state index is 12.5. The van der Waals surface area contributed by atoms with Crippen molar-refractivity contribution in [3.8, 4) is 10.6 Å². The highest BCUT2D eigenvalue weighted by Gasteiger charge is 2.14. The van der Waals surface area contributed by atoms with E-state index in [0.29, 0.717) is 18.1 Å². The zero-order chi connectivity index (χ0) is 17.2. The number of amides is 1. The average Bonchev–Trinajstić information content (AvgIpc) is 3.34. The summed E-state index contributed by atoms with van der Waals surface area (Å²) < 4.78 is 2.82. The van der Waals surface area contributed by atoms with Gasteiger partial charge in [0.15, 0.2) is 0 Å². The molecule has 0 saturated carbocycles. The summed E-state index contributed by atoms with van der Waals surface area (Å²) in [5.41, 5.74) is 1.46. The summed E-state index contributed by atoms with van der Waals surface area (Å²) in [4.78, 5) is 18.1. The minimum atomic E-state index is -0.230. The van der Waals surface area contributed by atoms with E-state index < -0.39 is 0 Å². The van der Waals surface area contributed by atoms with Gasteiger partial charge in [0.25, 0.3) is 5.91 Å². The predicted octanol–water partition coefficient (Wildman–Crippen LogP) is 5.19.